The van der Waals surface area contributed by atoms with Gasteiger partial charge in [0.2, 0.25) is 0 Å². The second-order valence-corrected chi connectivity index (χ2v) is 12.3. The molecule has 0 amide bonds. The molecule has 2 heterocycles. The van der Waals surface area contributed by atoms with Crippen molar-refractivity contribution in [2.45, 2.75) is 57.6 Å². The third-order valence-electron chi connectivity index (χ3n) is 6.49. The predicted octanol–water partition coefficient (Wildman–Crippen LogP) is 5.10. The van der Waals surface area contributed by atoms with E-state index in [1.807, 2.05) is 57.6 Å². The van der Waals surface area contributed by atoms with Crippen LogP contribution in [0.5, 0.6) is 0 Å². The third-order valence-corrected chi connectivity index (χ3v) is 9.27. The lowest BCUT2D eigenvalue weighted by atomic mass is 9.78. The maximum atomic E-state index is 12.6. The molecule has 2 aliphatic rings. The number of hydrogen-bond acceptors (Lipinski definition) is 4. The summed E-state index contributed by atoms with van der Waals surface area (Å²) in [7, 11) is -3.04. The number of sulfone groups is 1. The zero-order chi connectivity index (χ0) is 20.6. The highest BCUT2D eigenvalue weighted by molar-refractivity contribution is 7.92. The van der Waals surface area contributed by atoms with Crippen LogP contribution in [0.1, 0.15) is 57.6 Å². The molecule has 2 aromatic heterocycles. The van der Waals surface area contributed by atoms with E-state index < -0.39 is 14.6 Å². The van der Waals surface area contributed by atoms with Crippen molar-refractivity contribution in [3.05, 3.63) is 53.5 Å². The average Bonchev–Trinajstić information content (AvgIpc) is 3.12. The van der Waals surface area contributed by atoms with Gasteiger partial charge in [-0.05, 0) is 88.0 Å². The van der Waals surface area contributed by atoms with Gasteiger partial charge in [-0.25, -0.2) is 8.42 Å². The Labute approximate surface area is 174 Å². The van der Waals surface area contributed by atoms with Gasteiger partial charge in [0, 0.05) is 24.2 Å². The fraction of sp³-hybridized carbons (Fsp3) is 0.500. The van der Waals surface area contributed by atoms with Gasteiger partial charge in [0.15, 0.2) is 9.84 Å². The number of nitrogens with zero attached hydrogens (tertiary/aromatic N) is 2. The molecule has 5 heteroatoms. The number of rotatable bonds is 4. The molecule has 29 heavy (non-hydrogen) atoms. The maximum Gasteiger partial charge on any atom is 0.155 e. The Morgan fingerprint density at radius 3 is 2.48 bits per heavy atom. The van der Waals surface area contributed by atoms with Crippen LogP contribution in [0.2, 0.25) is 0 Å². The van der Waals surface area contributed by atoms with Crippen molar-refractivity contribution in [2.24, 2.45) is 11.8 Å². The molecule has 0 aliphatic heterocycles. The fourth-order valence-electron chi connectivity index (χ4n) is 4.53. The number of aromatic nitrogens is 2. The van der Waals surface area contributed by atoms with Gasteiger partial charge in [0.25, 0.3) is 0 Å². The van der Waals surface area contributed by atoms with E-state index in [2.05, 4.69) is 16.0 Å². The highest BCUT2D eigenvalue weighted by atomic mass is 32.2. The number of hydrogen-bond donors (Lipinski definition) is 0. The van der Waals surface area contributed by atoms with Gasteiger partial charge in [0.1, 0.15) is 0 Å². The number of pyridine rings is 2. The van der Waals surface area contributed by atoms with Crippen molar-refractivity contribution >= 4 is 15.9 Å². The molecule has 0 spiro atoms. The van der Waals surface area contributed by atoms with Crippen LogP contribution in [0.3, 0.4) is 0 Å². The van der Waals surface area contributed by atoms with Crippen molar-refractivity contribution in [3.63, 3.8) is 0 Å². The first-order valence-corrected chi connectivity index (χ1v) is 12.2. The fourth-order valence-corrected chi connectivity index (χ4v) is 5.98. The molecule has 0 saturated heterocycles. The first-order chi connectivity index (χ1) is 13.7. The number of allylic oxidation sites excluding steroid dienone is 1. The van der Waals surface area contributed by atoms with Crippen molar-refractivity contribution < 1.29 is 8.42 Å². The lowest BCUT2D eigenvalue weighted by Crippen LogP contribution is -2.34. The molecule has 2 aromatic rings. The molecule has 0 aromatic carbocycles. The van der Waals surface area contributed by atoms with Gasteiger partial charge < -0.3 is 0 Å². The van der Waals surface area contributed by atoms with Gasteiger partial charge in [-0.2, -0.15) is 0 Å². The molecule has 4 rings (SSSR count). The monoisotopic (exact) mass is 410 g/mol. The van der Waals surface area contributed by atoms with Gasteiger partial charge >= 0.3 is 0 Å². The number of fused-ring (bicyclic) bond motifs is 1. The summed E-state index contributed by atoms with van der Waals surface area (Å²) < 4.78 is 24.5. The molecule has 4 nitrogen and oxygen atoms in total. The molecule has 0 unspecified atom stereocenters. The van der Waals surface area contributed by atoms with Crippen LogP contribution in [-0.2, 0) is 16.3 Å². The van der Waals surface area contributed by atoms with E-state index in [1.54, 1.807) is 0 Å². The van der Waals surface area contributed by atoms with Crippen molar-refractivity contribution in [1.29, 1.82) is 0 Å². The zero-order valence-corrected chi connectivity index (χ0v) is 18.4. The first-order valence-electron chi connectivity index (χ1n) is 10.6. The van der Waals surface area contributed by atoms with Crippen LogP contribution in [0.15, 0.2) is 42.4 Å². The lowest BCUT2D eigenvalue weighted by Gasteiger charge is -2.31. The largest absolute Gasteiger partial charge is 0.264 e. The van der Waals surface area contributed by atoms with Crippen molar-refractivity contribution in [1.82, 2.24) is 9.97 Å². The summed E-state index contributed by atoms with van der Waals surface area (Å²) in [5.41, 5.74) is 6.07. The molecule has 1 fully saturated rings. The normalized spacial score (nSPS) is 22.2. The van der Waals surface area contributed by atoms with Crippen LogP contribution >= 0.6 is 0 Å². The third kappa shape index (κ3) is 4.16. The van der Waals surface area contributed by atoms with Crippen LogP contribution in [0.4, 0.5) is 0 Å². The molecule has 2 aliphatic carbocycles. The first kappa shape index (κ1) is 20.3. The van der Waals surface area contributed by atoms with Crippen LogP contribution < -0.4 is 0 Å². The molecule has 0 bridgehead atoms. The van der Waals surface area contributed by atoms with E-state index in [4.69, 9.17) is 0 Å². The predicted molar refractivity (Wildman–Crippen MR) is 118 cm³/mol. The summed E-state index contributed by atoms with van der Waals surface area (Å²) in [6, 6.07) is 5.97. The summed E-state index contributed by atoms with van der Waals surface area (Å²) in [6.45, 7) is 5.42. The standard InChI is InChI=1S/C24H30N2O2S/c1-24(2,3)29(27,28)16-17-7-9-18(10-8-17)19-12-20-14-25-15-22(21(20)13-19)23-6-4-5-11-26-23/h4-6,11,13-15,17-18H,7-10,12,16H2,1-3H3. The lowest BCUT2D eigenvalue weighted by molar-refractivity contribution is 0.319. The molecule has 154 valence electrons. The molecule has 0 radical (unpaired) electrons. The van der Waals surface area contributed by atoms with E-state index >= 15 is 0 Å². The van der Waals surface area contributed by atoms with Crippen LogP contribution in [0, 0.1) is 11.8 Å². The Morgan fingerprint density at radius 2 is 1.83 bits per heavy atom. The van der Waals surface area contributed by atoms with E-state index in [-0.39, 0.29) is 0 Å². The summed E-state index contributed by atoms with van der Waals surface area (Å²) >= 11 is 0. The highest BCUT2D eigenvalue weighted by Gasteiger charge is 2.34. The van der Waals surface area contributed by atoms with Gasteiger partial charge in [0.05, 0.1) is 16.2 Å². The zero-order valence-electron chi connectivity index (χ0n) is 17.6. The highest BCUT2D eigenvalue weighted by Crippen LogP contribution is 2.41. The van der Waals surface area contributed by atoms with Gasteiger partial charge in [-0.3, -0.25) is 9.97 Å². The van der Waals surface area contributed by atoms with Crippen molar-refractivity contribution in [2.75, 3.05) is 5.75 Å². The topological polar surface area (TPSA) is 59.9 Å². The van der Waals surface area contributed by atoms with Gasteiger partial charge in [-0.15, -0.1) is 0 Å². The Hall–Kier alpha value is -2.01. The van der Waals surface area contributed by atoms with Crippen LogP contribution in [-0.4, -0.2) is 28.9 Å². The average molecular weight is 411 g/mol. The quantitative estimate of drug-likeness (QED) is 0.703. The molecule has 0 N–H and O–H groups in total. The summed E-state index contributed by atoms with van der Waals surface area (Å²) in [5.74, 6) is 1.18. The minimum atomic E-state index is -3.04. The summed E-state index contributed by atoms with van der Waals surface area (Å²) in [5, 5.41) is 0. The molecular formula is C24H30N2O2S. The van der Waals surface area contributed by atoms with E-state index in [0.717, 1.165) is 43.4 Å². The Bertz CT molecular complexity index is 1010. The molecule has 0 atom stereocenters. The minimum Gasteiger partial charge on any atom is -0.264 e. The SMILES string of the molecule is CC(C)(C)S(=O)(=O)CC1CCC(C2=Cc3c(cncc3-c3ccccn3)C2)CC1. The van der Waals surface area contributed by atoms with Crippen molar-refractivity contribution in [3.8, 4) is 11.3 Å². The minimum absolute atomic E-state index is 0.297. The second kappa shape index (κ2) is 7.67. The smallest absolute Gasteiger partial charge is 0.155 e. The second-order valence-electron chi connectivity index (χ2n) is 9.48. The summed E-state index contributed by atoms with van der Waals surface area (Å²) in [6.07, 6.45) is 13.2. The van der Waals surface area contributed by atoms with E-state index in [0.29, 0.717) is 17.6 Å². The summed E-state index contributed by atoms with van der Waals surface area (Å²) in [4.78, 5) is 8.95. The maximum absolute atomic E-state index is 12.6. The van der Waals surface area contributed by atoms with Gasteiger partial charge in [-0.1, -0.05) is 17.7 Å². The van der Waals surface area contributed by atoms with Crippen LogP contribution in [0.25, 0.3) is 17.3 Å². The Balaban J connectivity index is 1.46. The Morgan fingerprint density at radius 1 is 1.07 bits per heavy atom. The molecular weight excluding hydrogens is 380 g/mol. The van der Waals surface area contributed by atoms with E-state index in [9.17, 15) is 8.42 Å². The Kier molecular flexibility index (Phi) is 5.36. The van der Waals surface area contributed by atoms with E-state index in [1.165, 1.54) is 16.7 Å². The molecule has 1 saturated carbocycles.